The Bertz CT molecular complexity index is 1260. The van der Waals surface area contributed by atoms with Crippen molar-refractivity contribution in [3.05, 3.63) is 36.0 Å². The predicted octanol–water partition coefficient (Wildman–Crippen LogP) is -0.759. The van der Waals surface area contributed by atoms with E-state index in [9.17, 15) is 21.9 Å². The van der Waals surface area contributed by atoms with Gasteiger partial charge in [-0.3, -0.25) is 0 Å². The smallest absolute Gasteiger partial charge is 0.240 e. The maximum absolute atomic E-state index is 12.9. The van der Waals surface area contributed by atoms with Gasteiger partial charge in [-0.15, -0.1) is 5.11 Å². The van der Waals surface area contributed by atoms with E-state index in [2.05, 4.69) is 20.2 Å². The Morgan fingerprint density at radius 3 is 2.43 bits per heavy atom. The molecule has 1 aromatic carbocycles. The fourth-order valence-corrected chi connectivity index (χ4v) is 6.00. The number of primary sulfonamides is 1. The average molecular weight is 454 g/mol. The van der Waals surface area contributed by atoms with Gasteiger partial charge in [0.1, 0.15) is 10.7 Å². The Balaban J connectivity index is 2.43. The number of aliphatic hydroxyl groups excluding tert-OH is 1. The van der Waals surface area contributed by atoms with Gasteiger partial charge in [0, 0.05) is 18.3 Å². The number of nitrogens with zero attached hydrogens (tertiary/aromatic N) is 4. The summed E-state index contributed by atoms with van der Waals surface area (Å²) in [5.74, 6) is -0.842. The molecule has 0 amide bonds. The van der Waals surface area contributed by atoms with Gasteiger partial charge in [-0.25, -0.2) is 32.0 Å². The number of hydrogen-bond donors (Lipinski definition) is 4. The minimum absolute atomic E-state index is 0.0653. The molecule has 0 radical (unpaired) electrons. The highest BCUT2D eigenvalue weighted by atomic mass is 32.2. The molecule has 0 aliphatic carbocycles. The lowest BCUT2D eigenvalue weighted by Gasteiger charge is -2.18. The number of sulfonamides is 1. The molecule has 12 nitrogen and oxygen atoms in total. The molecule has 2 aromatic rings. The third-order valence-corrected chi connectivity index (χ3v) is 7.18. The van der Waals surface area contributed by atoms with Gasteiger partial charge in [-0.2, -0.15) is 5.11 Å². The summed E-state index contributed by atoms with van der Waals surface area (Å²) in [4.78, 5) is 6.69. The van der Waals surface area contributed by atoms with Crippen LogP contribution in [-0.2, 0) is 19.9 Å². The first kappa shape index (κ1) is 21.9. The van der Waals surface area contributed by atoms with Crippen molar-refractivity contribution in [3.8, 4) is 11.1 Å². The second-order valence-electron chi connectivity index (χ2n) is 6.33. The number of aromatic nitrogens is 1. The first-order valence-electron chi connectivity index (χ1n) is 8.50. The lowest BCUT2D eigenvalue weighted by molar-refractivity contribution is 0.205. The van der Waals surface area contributed by atoms with Crippen molar-refractivity contribution in [1.82, 2.24) is 4.98 Å². The largest absolute Gasteiger partial charge is 0.391 e. The van der Waals surface area contributed by atoms with E-state index in [0.717, 1.165) is 6.07 Å². The van der Waals surface area contributed by atoms with E-state index in [4.69, 9.17) is 16.6 Å². The number of pyridine rings is 1. The van der Waals surface area contributed by atoms with Crippen LogP contribution in [-0.4, -0.2) is 57.8 Å². The third kappa shape index (κ3) is 4.22. The van der Waals surface area contributed by atoms with Crippen LogP contribution in [0, 0.1) is 0 Å². The molecule has 7 N–H and O–H groups in total. The standard InChI is InChI=1S/C16H19N7O5S2/c17-6-9(24)7-29(25,26)12-4-3-10(11-2-1-5-20-15(11)18)13(14(12)30(19,27)28)16-21-8-22-23-16/h1-5,9,24H,6-8,17H2,(H2,18,20)(H2,19,27,28)/t9-/m0/s1. The Kier molecular flexibility index (Phi) is 5.96. The van der Waals surface area contributed by atoms with Crippen molar-refractivity contribution in [2.24, 2.45) is 26.1 Å². The van der Waals surface area contributed by atoms with E-state index >= 15 is 0 Å². The zero-order valence-electron chi connectivity index (χ0n) is 15.5. The quantitative estimate of drug-likeness (QED) is 0.416. The minimum Gasteiger partial charge on any atom is -0.391 e. The van der Waals surface area contributed by atoms with Crippen molar-refractivity contribution < 1.29 is 21.9 Å². The summed E-state index contributed by atoms with van der Waals surface area (Å²) in [5.41, 5.74) is 11.6. The summed E-state index contributed by atoms with van der Waals surface area (Å²) < 4.78 is 50.9. The molecule has 160 valence electrons. The summed E-state index contributed by atoms with van der Waals surface area (Å²) in [6, 6.07) is 5.59. The molecule has 1 aromatic heterocycles. The Labute approximate surface area is 172 Å². The second-order valence-corrected chi connectivity index (χ2v) is 9.83. The van der Waals surface area contributed by atoms with Crippen molar-refractivity contribution in [1.29, 1.82) is 0 Å². The van der Waals surface area contributed by atoms with Crippen LogP contribution in [0.25, 0.3) is 11.1 Å². The molecule has 0 fully saturated rings. The maximum Gasteiger partial charge on any atom is 0.240 e. The van der Waals surface area contributed by atoms with Crippen molar-refractivity contribution >= 4 is 31.5 Å². The number of benzene rings is 1. The number of nitrogen functional groups attached to an aromatic ring is 1. The highest BCUT2D eigenvalue weighted by Crippen LogP contribution is 2.36. The Hall–Kier alpha value is -2.78. The Morgan fingerprint density at radius 1 is 1.13 bits per heavy atom. The molecule has 1 atom stereocenters. The number of aliphatic hydroxyl groups is 1. The molecule has 0 spiro atoms. The molecule has 2 heterocycles. The zero-order chi connectivity index (χ0) is 22.1. The molecule has 0 saturated carbocycles. The highest BCUT2D eigenvalue weighted by molar-refractivity contribution is 7.93. The first-order chi connectivity index (χ1) is 14.1. The molecular formula is C16H19N7O5S2. The van der Waals surface area contributed by atoms with Crippen LogP contribution in [0.15, 0.2) is 55.5 Å². The average Bonchev–Trinajstić information content (AvgIpc) is 3.20. The number of nitrogens with two attached hydrogens (primary N) is 3. The van der Waals surface area contributed by atoms with E-state index in [1.165, 1.54) is 12.3 Å². The summed E-state index contributed by atoms with van der Waals surface area (Å²) in [6.07, 6.45) is 0.0442. The Morgan fingerprint density at radius 2 is 1.87 bits per heavy atom. The molecule has 30 heavy (non-hydrogen) atoms. The number of amidine groups is 1. The van der Waals surface area contributed by atoms with Gasteiger partial charge in [0.25, 0.3) is 0 Å². The number of anilines is 1. The highest BCUT2D eigenvalue weighted by Gasteiger charge is 2.33. The predicted molar refractivity (Wildman–Crippen MR) is 109 cm³/mol. The summed E-state index contributed by atoms with van der Waals surface area (Å²) in [5, 5.41) is 22.7. The van der Waals surface area contributed by atoms with Crippen LogP contribution >= 0.6 is 0 Å². The summed E-state index contributed by atoms with van der Waals surface area (Å²) >= 11 is 0. The van der Waals surface area contributed by atoms with Gasteiger partial charge in [0.05, 0.1) is 22.3 Å². The van der Waals surface area contributed by atoms with E-state index in [0.29, 0.717) is 5.56 Å². The fraction of sp³-hybridized carbons (Fsp3) is 0.250. The van der Waals surface area contributed by atoms with Gasteiger partial charge < -0.3 is 16.6 Å². The molecule has 0 unspecified atom stereocenters. The van der Waals surface area contributed by atoms with E-state index in [-0.39, 0.29) is 36.0 Å². The van der Waals surface area contributed by atoms with Crippen LogP contribution in [0.4, 0.5) is 5.82 Å². The molecule has 0 saturated heterocycles. The van der Waals surface area contributed by atoms with Crippen molar-refractivity contribution in [2.75, 3.05) is 24.7 Å². The molecule has 0 bridgehead atoms. The van der Waals surface area contributed by atoms with Gasteiger partial charge in [0.15, 0.2) is 22.3 Å². The first-order valence-corrected chi connectivity index (χ1v) is 11.7. The number of azo groups is 1. The molecule has 1 aliphatic rings. The third-order valence-electron chi connectivity index (χ3n) is 4.23. The number of aliphatic imine (C=N–C) groups is 1. The number of hydrogen-bond acceptors (Lipinski definition) is 11. The van der Waals surface area contributed by atoms with Crippen LogP contribution in [0.5, 0.6) is 0 Å². The van der Waals surface area contributed by atoms with E-state index in [1.807, 2.05) is 0 Å². The SMILES string of the molecule is NC[C@H](O)CS(=O)(=O)c1ccc(-c2cccnc2N)c(C2=NCN=N2)c1S(N)(=O)=O. The molecule has 1 aliphatic heterocycles. The topological polar surface area (TPSA) is 217 Å². The lowest BCUT2D eigenvalue weighted by atomic mass is 9.99. The van der Waals surface area contributed by atoms with Crippen LogP contribution in [0.1, 0.15) is 5.56 Å². The van der Waals surface area contributed by atoms with Crippen LogP contribution in [0.2, 0.25) is 0 Å². The van der Waals surface area contributed by atoms with Gasteiger partial charge in [-0.05, 0) is 23.8 Å². The lowest BCUT2D eigenvalue weighted by Crippen LogP contribution is -2.30. The van der Waals surface area contributed by atoms with E-state index < -0.39 is 41.5 Å². The summed E-state index contributed by atoms with van der Waals surface area (Å²) in [7, 11) is -8.92. The number of rotatable bonds is 7. The van der Waals surface area contributed by atoms with Crippen LogP contribution < -0.4 is 16.6 Å². The zero-order valence-corrected chi connectivity index (χ0v) is 17.1. The van der Waals surface area contributed by atoms with Gasteiger partial charge >= 0.3 is 0 Å². The van der Waals surface area contributed by atoms with Crippen LogP contribution in [0.3, 0.4) is 0 Å². The van der Waals surface area contributed by atoms with Gasteiger partial charge in [0.2, 0.25) is 10.0 Å². The molecular weight excluding hydrogens is 434 g/mol. The maximum atomic E-state index is 12.9. The van der Waals surface area contributed by atoms with Crippen molar-refractivity contribution in [3.63, 3.8) is 0 Å². The summed E-state index contributed by atoms with van der Waals surface area (Å²) in [6.45, 7) is -0.397. The molecule has 14 heteroatoms. The molecule has 3 rings (SSSR count). The normalized spacial score (nSPS) is 15.2. The monoisotopic (exact) mass is 453 g/mol. The minimum atomic E-state index is -4.61. The second kappa shape index (κ2) is 8.16. The fourth-order valence-electron chi connectivity index (χ4n) is 2.95. The van der Waals surface area contributed by atoms with Crippen molar-refractivity contribution in [2.45, 2.75) is 15.9 Å². The van der Waals surface area contributed by atoms with E-state index in [1.54, 1.807) is 12.1 Å². The number of sulfone groups is 1. The van der Waals surface area contributed by atoms with Gasteiger partial charge in [-0.1, -0.05) is 6.07 Å².